The maximum absolute atomic E-state index is 11.8. The SMILES string of the molecule is Cc1n[nH]nc1C(=O)NCc1nncn1C(C)C. The van der Waals surface area contributed by atoms with Gasteiger partial charge in [0.1, 0.15) is 6.33 Å². The van der Waals surface area contributed by atoms with E-state index in [2.05, 4.69) is 30.9 Å². The summed E-state index contributed by atoms with van der Waals surface area (Å²) in [4.78, 5) is 11.8. The van der Waals surface area contributed by atoms with Crippen molar-refractivity contribution in [3.8, 4) is 0 Å². The van der Waals surface area contributed by atoms with E-state index in [0.717, 1.165) is 0 Å². The normalized spacial score (nSPS) is 10.9. The first-order valence-electron chi connectivity index (χ1n) is 5.63. The summed E-state index contributed by atoms with van der Waals surface area (Å²) in [6.07, 6.45) is 1.65. The Morgan fingerprint density at radius 1 is 1.50 bits per heavy atom. The summed E-state index contributed by atoms with van der Waals surface area (Å²) in [5.41, 5.74) is 0.864. The van der Waals surface area contributed by atoms with Crippen LogP contribution in [0.15, 0.2) is 6.33 Å². The Hall–Kier alpha value is -2.25. The van der Waals surface area contributed by atoms with Crippen molar-refractivity contribution in [2.24, 2.45) is 0 Å². The van der Waals surface area contributed by atoms with E-state index in [9.17, 15) is 4.79 Å². The minimum Gasteiger partial charge on any atom is -0.343 e. The number of rotatable bonds is 4. The van der Waals surface area contributed by atoms with Crippen LogP contribution >= 0.6 is 0 Å². The number of hydrogen-bond donors (Lipinski definition) is 2. The average molecular weight is 249 g/mol. The molecule has 0 unspecified atom stereocenters. The van der Waals surface area contributed by atoms with Crippen molar-refractivity contribution < 1.29 is 4.79 Å². The lowest BCUT2D eigenvalue weighted by Gasteiger charge is -2.10. The second-order valence-electron chi connectivity index (χ2n) is 4.19. The lowest BCUT2D eigenvalue weighted by Crippen LogP contribution is -2.26. The summed E-state index contributed by atoms with van der Waals surface area (Å²) >= 11 is 0. The van der Waals surface area contributed by atoms with Crippen LogP contribution in [0.2, 0.25) is 0 Å². The Bertz CT molecular complexity index is 542. The number of aryl methyl sites for hydroxylation is 1. The molecule has 0 fully saturated rings. The van der Waals surface area contributed by atoms with Crippen LogP contribution in [0, 0.1) is 6.92 Å². The molecule has 0 aliphatic heterocycles. The van der Waals surface area contributed by atoms with E-state index in [1.54, 1.807) is 13.3 Å². The maximum Gasteiger partial charge on any atom is 0.274 e. The summed E-state index contributed by atoms with van der Waals surface area (Å²) in [6.45, 7) is 6.07. The van der Waals surface area contributed by atoms with Crippen LogP contribution < -0.4 is 5.32 Å². The van der Waals surface area contributed by atoms with Gasteiger partial charge in [-0.1, -0.05) is 0 Å². The third-order valence-electron chi connectivity index (χ3n) is 2.55. The topological polar surface area (TPSA) is 101 Å². The molecule has 0 atom stereocenters. The highest BCUT2D eigenvalue weighted by Gasteiger charge is 2.14. The lowest BCUT2D eigenvalue weighted by atomic mass is 10.3. The second kappa shape index (κ2) is 4.94. The van der Waals surface area contributed by atoms with E-state index in [4.69, 9.17) is 0 Å². The predicted octanol–water partition coefficient (Wildman–Crippen LogP) is 0.216. The van der Waals surface area contributed by atoms with Gasteiger partial charge in [-0.3, -0.25) is 4.79 Å². The molecule has 2 aromatic heterocycles. The molecule has 0 saturated heterocycles. The Morgan fingerprint density at radius 2 is 2.28 bits per heavy atom. The minimum atomic E-state index is -0.278. The van der Waals surface area contributed by atoms with Crippen LogP contribution in [0.4, 0.5) is 0 Å². The Kier molecular flexibility index (Phi) is 3.35. The van der Waals surface area contributed by atoms with Crippen LogP contribution in [0.1, 0.15) is 41.9 Å². The van der Waals surface area contributed by atoms with Crippen molar-refractivity contribution in [3.63, 3.8) is 0 Å². The van der Waals surface area contributed by atoms with Gasteiger partial charge in [0, 0.05) is 6.04 Å². The molecular weight excluding hydrogens is 234 g/mol. The molecule has 0 aliphatic rings. The van der Waals surface area contributed by atoms with Gasteiger partial charge < -0.3 is 9.88 Å². The maximum atomic E-state index is 11.8. The van der Waals surface area contributed by atoms with Crippen LogP contribution in [-0.2, 0) is 6.54 Å². The molecule has 18 heavy (non-hydrogen) atoms. The molecule has 8 heteroatoms. The highest BCUT2D eigenvalue weighted by molar-refractivity contribution is 5.92. The number of H-pyrrole nitrogens is 1. The fourth-order valence-corrected chi connectivity index (χ4v) is 1.57. The molecule has 2 aromatic rings. The summed E-state index contributed by atoms with van der Waals surface area (Å²) < 4.78 is 1.90. The number of hydrogen-bond acceptors (Lipinski definition) is 5. The van der Waals surface area contributed by atoms with Crippen LogP contribution in [0.5, 0.6) is 0 Å². The fraction of sp³-hybridized carbons (Fsp3) is 0.500. The number of nitrogens with one attached hydrogen (secondary N) is 2. The fourth-order valence-electron chi connectivity index (χ4n) is 1.57. The van der Waals surface area contributed by atoms with Crippen molar-refractivity contribution in [3.05, 3.63) is 23.5 Å². The van der Waals surface area contributed by atoms with Crippen LogP contribution in [0.3, 0.4) is 0 Å². The first kappa shape index (κ1) is 12.2. The van der Waals surface area contributed by atoms with Gasteiger partial charge in [0.05, 0.1) is 12.2 Å². The van der Waals surface area contributed by atoms with E-state index in [-0.39, 0.29) is 11.9 Å². The number of amides is 1. The van der Waals surface area contributed by atoms with Crippen molar-refractivity contribution in [2.75, 3.05) is 0 Å². The zero-order valence-electron chi connectivity index (χ0n) is 10.5. The monoisotopic (exact) mass is 249 g/mol. The zero-order valence-corrected chi connectivity index (χ0v) is 10.5. The van der Waals surface area contributed by atoms with Gasteiger partial charge in [0.25, 0.3) is 5.91 Å². The van der Waals surface area contributed by atoms with Gasteiger partial charge in [0.15, 0.2) is 11.5 Å². The zero-order chi connectivity index (χ0) is 13.1. The van der Waals surface area contributed by atoms with E-state index in [1.165, 1.54) is 0 Å². The minimum absolute atomic E-state index is 0.251. The van der Waals surface area contributed by atoms with Gasteiger partial charge in [-0.05, 0) is 20.8 Å². The van der Waals surface area contributed by atoms with E-state index in [0.29, 0.717) is 23.8 Å². The summed E-state index contributed by atoms with van der Waals surface area (Å²) in [6, 6.07) is 0.251. The van der Waals surface area contributed by atoms with Gasteiger partial charge in [-0.15, -0.1) is 10.2 Å². The van der Waals surface area contributed by atoms with E-state index < -0.39 is 0 Å². The van der Waals surface area contributed by atoms with Crippen LogP contribution in [0.25, 0.3) is 0 Å². The smallest absolute Gasteiger partial charge is 0.274 e. The molecule has 2 N–H and O–H groups in total. The van der Waals surface area contributed by atoms with Gasteiger partial charge >= 0.3 is 0 Å². The van der Waals surface area contributed by atoms with E-state index >= 15 is 0 Å². The highest BCUT2D eigenvalue weighted by Crippen LogP contribution is 2.06. The van der Waals surface area contributed by atoms with Crippen molar-refractivity contribution in [2.45, 2.75) is 33.4 Å². The average Bonchev–Trinajstić information content (AvgIpc) is 2.94. The van der Waals surface area contributed by atoms with Gasteiger partial charge in [-0.25, -0.2) is 0 Å². The molecule has 96 valence electrons. The molecule has 2 heterocycles. The number of carbonyl (C=O) groups is 1. The summed E-state index contributed by atoms with van der Waals surface area (Å²) in [5.74, 6) is 0.430. The summed E-state index contributed by atoms with van der Waals surface area (Å²) in [5, 5.41) is 20.5. The first-order valence-corrected chi connectivity index (χ1v) is 5.63. The Morgan fingerprint density at radius 3 is 2.89 bits per heavy atom. The first-order chi connectivity index (χ1) is 8.59. The molecule has 1 amide bonds. The predicted molar refractivity (Wildman–Crippen MR) is 62.7 cm³/mol. The molecular formula is C10H15N7O. The standard InChI is InChI=1S/C10H15N7O/c1-6(2)17-5-12-14-8(17)4-11-10(18)9-7(3)13-16-15-9/h5-6H,4H2,1-3H3,(H,11,18)(H,13,15,16). The third kappa shape index (κ3) is 2.36. The molecule has 2 rings (SSSR count). The summed E-state index contributed by atoms with van der Waals surface area (Å²) in [7, 11) is 0. The molecule has 0 saturated carbocycles. The van der Waals surface area contributed by atoms with Crippen LogP contribution in [-0.4, -0.2) is 36.1 Å². The molecule has 0 spiro atoms. The molecule has 0 aromatic carbocycles. The van der Waals surface area contributed by atoms with Gasteiger partial charge in [-0.2, -0.15) is 15.4 Å². The highest BCUT2D eigenvalue weighted by atomic mass is 16.2. The van der Waals surface area contributed by atoms with Crippen molar-refractivity contribution in [1.82, 2.24) is 35.5 Å². The Balaban J connectivity index is 2.02. The molecule has 0 radical (unpaired) electrons. The third-order valence-corrected chi connectivity index (χ3v) is 2.55. The van der Waals surface area contributed by atoms with E-state index in [1.807, 2.05) is 18.4 Å². The molecule has 8 nitrogen and oxygen atoms in total. The second-order valence-corrected chi connectivity index (χ2v) is 4.19. The van der Waals surface area contributed by atoms with Crippen molar-refractivity contribution >= 4 is 5.91 Å². The number of aromatic amines is 1. The van der Waals surface area contributed by atoms with Gasteiger partial charge in [0.2, 0.25) is 0 Å². The van der Waals surface area contributed by atoms with Crippen molar-refractivity contribution in [1.29, 1.82) is 0 Å². The largest absolute Gasteiger partial charge is 0.343 e. The quantitative estimate of drug-likeness (QED) is 0.806. The number of aromatic nitrogens is 6. The number of nitrogens with zero attached hydrogens (tertiary/aromatic N) is 5. The molecule has 0 bridgehead atoms. The Labute approximate surface area is 104 Å². The number of carbonyl (C=O) groups excluding carboxylic acids is 1. The molecule has 0 aliphatic carbocycles. The lowest BCUT2D eigenvalue weighted by molar-refractivity contribution is 0.0943.